The summed E-state index contributed by atoms with van der Waals surface area (Å²) in [6, 6.07) is 4.07. The summed E-state index contributed by atoms with van der Waals surface area (Å²) in [5, 5.41) is 2.04. The van der Waals surface area contributed by atoms with Gasteiger partial charge in [0.2, 0.25) is 0 Å². The molecule has 0 aliphatic heterocycles. The van der Waals surface area contributed by atoms with Gasteiger partial charge in [-0.3, -0.25) is 0 Å². The maximum absolute atomic E-state index is 5.57. The molecule has 0 saturated heterocycles. The molecule has 0 amide bonds. The van der Waals surface area contributed by atoms with Crippen LogP contribution in [-0.2, 0) is 0 Å². The average molecular weight is 124 g/mol. The Balaban J connectivity index is 2.77. The molecule has 0 saturated carbocycles. The molecule has 0 fully saturated rings. The van der Waals surface area contributed by atoms with Gasteiger partial charge in [-0.2, -0.15) is 0 Å². The molecule has 1 heterocycles. The molecule has 0 N–H and O–H groups in total. The van der Waals surface area contributed by atoms with Gasteiger partial charge in [0.15, 0.2) is 0 Å². The van der Waals surface area contributed by atoms with Crippen LogP contribution in [0.3, 0.4) is 0 Å². The molecule has 0 spiro atoms. The van der Waals surface area contributed by atoms with Gasteiger partial charge in [-0.1, -0.05) is 13.0 Å². The fourth-order valence-electron chi connectivity index (χ4n) is 0.550. The highest BCUT2D eigenvalue weighted by molar-refractivity contribution is 7.10. The van der Waals surface area contributed by atoms with Crippen LogP contribution in [0.5, 0.6) is 0 Å². The summed E-state index contributed by atoms with van der Waals surface area (Å²) in [6.07, 6.45) is 0. The number of hydrogen-bond acceptors (Lipinski definition) is 1. The monoisotopic (exact) mass is 124 g/mol. The van der Waals surface area contributed by atoms with Crippen molar-refractivity contribution in [2.24, 2.45) is 0 Å². The van der Waals surface area contributed by atoms with Gasteiger partial charge in [-0.15, -0.1) is 11.3 Å². The second-order valence-electron chi connectivity index (χ2n) is 1.80. The van der Waals surface area contributed by atoms with Crippen LogP contribution in [0.25, 0.3) is 0 Å². The van der Waals surface area contributed by atoms with Crippen molar-refractivity contribution in [1.29, 1.82) is 0 Å². The van der Waals surface area contributed by atoms with Crippen molar-refractivity contribution in [1.82, 2.24) is 0 Å². The number of rotatable bonds is 1. The topological polar surface area (TPSA) is 0 Å². The van der Waals surface area contributed by atoms with Crippen LogP contribution in [0.15, 0.2) is 17.5 Å². The van der Waals surface area contributed by atoms with E-state index < -0.39 is 0 Å². The van der Waals surface area contributed by atoms with Crippen molar-refractivity contribution in [3.63, 3.8) is 0 Å². The predicted molar refractivity (Wildman–Crippen MR) is 37.0 cm³/mol. The molecule has 0 bridgehead atoms. The van der Waals surface area contributed by atoms with Crippen LogP contribution in [0.2, 0.25) is 0 Å². The summed E-state index contributed by atoms with van der Waals surface area (Å²) in [7, 11) is 0. The van der Waals surface area contributed by atoms with Crippen molar-refractivity contribution >= 4 is 11.3 Å². The average Bonchev–Trinajstić information content (AvgIpc) is 2.12. The minimum atomic E-state index is 0.204. The lowest BCUT2D eigenvalue weighted by molar-refractivity contribution is 0.994. The zero-order valence-corrected chi connectivity index (χ0v) is 5.61. The van der Waals surface area contributed by atoms with Crippen molar-refractivity contribution in [3.05, 3.63) is 29.3 Å². The summed E-state index contributed by atoms with van der Waals surface area (Å²) in [4.78, 5) is 1.25. The zero-order chi connectivity index (χ0) is 5.98. The molecule has 1 unspecified atom stereocenters. The van der Waals surface area contributed by atoms with Crippen LogP contribution < -0.4 is 0 Å². The number of hydrogen-bond donors (Lipinski definition) is 0. The second kappa shape index (κ2) is 2.31. The van der Waals surface area contributed by atoms with Crippen LogP contribution in [0.4, 0.5) is 0 Å². The lowest BCUT2D eigenvalue weighted by Crippen LogP contribution is -1.77. The van der Waals surface area contributed by atoms with Crippen molar-refractivity contribution < 1.29 is 0 Å². The first-order valence-electron chi connectivity index (χ1n) is 2.59. The second-order valence-corrected chi connectivity index (χ2v) is 2.78. The fourth-order valence-corrected chi connectivity index (χ4v) is 1.24. The molecule has 2 radical (unpaired) electrons. The van der Waals surface area contributed by atoms with Crippen LogP contribution >= 0.6 is 11.3 Å². The Hall–Kier alpha value is -0.300. The first kappa shape index (κ1) is 5.83. The zero-order valence-electron chi connectivity index (χ0n) is 4.79. The van der Waals surface area contributed by atoms with E-state index in [2.05, 4.69) is 6.07 Å². The normalized spacial score (nSPS) is 10.4. The Bertz CT molecular complexity index is 139. The first-order chi connectivity index (χ1) is 3.80. The highest BCUT2D eigenvalue weighted by atomic mass is 32.1. The maximum Gasteiger partial charge on any atom is 0.00764 e. The van der Waals surface area contributed by atoms with Gasteiger partial charge < -0.3 is 0 Å². The lowest BCUT2D eigenvalue weighted by atomic mass is 10.2. The van der Waals surface area contributed by atoms with E-state index in [0.717, 1.165) is 0 Å². The predicted octanol–water partition coefficient (Wildman–Crippen LogP) is 2.56. The third-order valence-corrected chi connectivity index (χ3v) is 2.07. The third-order valence-electron chi connectivity index (χ3n) is 0.992. The molecule has 1 aromatic rings. The Morgan fingerprint density at radius 1 is 1.75 bits per heavy atom. The van der Waals surface area contributed by atoms with Gasteiger partial charge in [0.25, 0.3) is 0 Å². The maximum atomic E-state index is 5.57. The molecular formula is C7H8S. The Labute approximate surface area is 54.2 Å². The van der Waals surface area contributed by atoms with E-state index in [1.807, 2.05) is 18.4 Å². The molecule has 1 rings (SSSR count). The van der Waals surface area contributed by atoms with E-state index in [4.69, 9.17) is 6.92 Å². The van der Waals surface area contributed by atoms with E-state index in [9.17, 15) is 0 Å². The molecule has 1 heteroatoms. The number of thiophene rings is 1. The molecule has 1 aromatic heterocycles. The minimum Gasteiger partial charge on any atom is -0.149 e. The molecule has 0 aliphatic carbocycles. The van der Waals surface area contributed by atoms with Gasteiger partial charge in [0.05, 0.1) is 0 Å². The summed E-state index contributed by atoms with van der Waals surface area (Å²) in [5.74, 6) is 0.204. The SMILES string of the molecule is [CH]C(C)c1cccs1. The molecule has 42 valence electrons. The van der Waals surface area contributed by atoms with E-state index in [0.29, 0.717) is 0 Å². The minimum absolute atomic E-state index is 0.204. The van der Waals surface area contributed by atoms with Crippen LogP contribution in [-0.4, -0.2) is 0 Å². The van der Waals surface area contributed by atoms with Crippen molar-refractivity contribution in [2.45, 2.75) is 12.8 Å². The lowest BCUT2D eigenvalue weighted by Gasteiger charge is -1.95. The van der Waals surface area contributed by atoms with Crippen LogP contribution in [0.1, 0.15) is 17.7 Å². The Kier molecular flexibility index (Phi) is 1.69. The Morgan fingerprint density at radius 2 is 2.50 bits per heavy atom. The largest absolute Gasteiger partial charge is 0.149 e. The smallest absolute Gasteiger partial charge is 0.00764 e. The van der Waals surface area contributed by atoms with Gasteiger partial charge in [-0.25, -0.2) is 0 Å². The van der Waals surface area contributed by atoms with Crippen molar-refractivity contribution in [2.75, 3.05) is 0 Å². The summed E-state index contributed by atoms with van der Waals surface area (Å²) in [5.41, 5.74) is 0. The standard InChI is InChI=1S/C7H8S/c1-6(2)7-4-3-5-8-7/h1,3-6H,2H3. The molecular weight excluding hydrogens is 116 g/mol. The first-order valence-corrected chi connectivity index (χ1v) is 3.47. The van der Waals surface area contributed by atoms with Crippen LogP contribution in [0, 0.1) is 6.92 Å². The molecule has 0 aromatic carbocycles. The van der Waals surface area contributed by atoms with Gasteiger partial charge in [0, 0.05) is 4.88 Å². The quantitative estimate of drug-likeness (QED) is 0.539. The fraction of sp³-hybridized carbons (Fsp3) is 0.286. The van der Waals surface area contributed by atoms with Gasteiger partial charge >= 0.3 is 0 Å². The Morgan fingerprint density at radius 3 is 2.75 bits per heavy atom. The molecule has 0 aliphatic rings. The highest BCUT2D eigenvalue weighted by Gasteiger charge is 1.96. The molecule has 8 heavy (non-hydrogen) atoms. The summed E-state index contributed by atoms with van der Waals surface area (Å²) in [6.45, 7) is 7.56. The van der Waals surface area contributed by atoms with E-state index in [1.165, 1.54) is 4.88 Å². The summed E-state index contributed by atoms with van der Waals surface area (Å²) >= 11 is 1.71. The molecule has 0 nitrogen and oxygen atoms in total. The van der Waals surface area contributed by atoms with Gasteiger partial charge in [-0.05, 0) is 24.3 Å². The van der Waals surface area contributed by atoms with E-state index in [-0.39, 0.29) is 5.92 Å². The van der Waals surface area contributed by atoms with E-state index in [1.54, 1.807) is 11.3 Å². The van der Waals surface area contributed by atoms with E-state index >= 15 is 0 Å². The van der Waals surface area contributed by atoms with Gasteiger partial charge in [0.1, 0.15) is 0 Å². The molecule has 1 atom stereocenters. The highest BCUT2D eigenvalue weighted by Crippen LogP contribution is 2.18. The third kappa shape index (κ3) is 1.10. The summed E-state index contributed by atoms with van der Waals surface area (Å²) < 4.78 is 0. The van der Waals surface area contributed by atoms with Crippen molar-refractivity contribution in [3.8, 4) is 0 Å².